The summed E-state index contributed by atoms with van der Waals surface area (Å²) in [5.74, 6) is -0.0704. The largest absolute Gasteiger partial charge is 0.243 e. The Morgan fingerprint density at radius 2 is 1.86 bits per heavy atom. The summed E-state index contributed by atoms with van der Waals surface area (Å²) in [4.78, 5) is 0.173. The molecule has 1 aliphatic rings. The zero-order chi connectivity index (χ0) is 15.8. The van der Waals surface area contributed by atoms with Crippen molar-refractivity contribution in [3.63, 3.8) is 0 Å². The van der Waals surface area contributed by atoms with Crippen LogP contribution >= 0.6 is 27.5 Å². The van der Waals surface area contributed by atoms with Gasteiger partial charge in [0.1, 0.15) is 0 Å². The summed E-state index contributed by atoms with van der Waals surface area (Å²) in [5, 5.41) is 0. The molecule has 0 radical (unpaired) electrons. The Balaban J connectivity index is 2.43. The summed E-state index contributed by atoms with van der Waals surface area (Å²) < 4.78 is 50.2. The second-order valence-electron chi connectivity index (χ2n) is 4.89. The third-order valence-corrected chi connectivity index (χ3v) is 8.20. The maximum Gasteiger partial charge on any atom is 0.243 e. The van der Waals surface area contributed by atoms with Crippen molar-refractivity contribution in [2.45, 2.75) is 17.7 Å². The molecule has 0 N–H and O–H groups in total. The molecular weight excluding hydrogens is 402 g/mol. The quantitative estimate of drug-likeness (QED) is 0.706. The molecule has 1 heterocycles. The van der Waals surface area contributed by atoms with Crippen molar-refractivity contribution in [3.05, 3.63) is 27.7 Å². The Hall–Kier alpha value is -0.150. The molecule has 1 fully saturated rings. The lowest BCUT2D eigenvalue weighted by Crippen LogP contribution is -2.43. The second kappa shape index (κ2) is 6.16. The Labute approximate surface area is 138 Å². The van der Waals surface area contributed by atoms with Crippen LogP contribution in [0.5, 0.6) is 0 Å². The molecule has 1 aliphatic heterocycles. The van der Waals surface area contributed by atoms with Crippen molar-refractivity contribution in [1.82, 2.24) is 4.31 Å². The fraction of sp³-hybridized carbons (Fsp3) is 0.500. The van der Waals surface area contributed by atoms with E-state index in [1.807, 2.05) is 0 Å². The average Bonchev–Trinajstić information content (AvgIpc) is 2.41. The van der Waals surface area contributed by atoms with E-state index in [9.17, 15) is 16.8 Å². The molecule has 0 amide bonds. The summed E-state index contributed by atoms with van der Waals surface area (Å²) in [6, 6.07) is 3.33. The number of hydrogen-bond acceptors (Lipinski definition) is 4. The molecule has 2 rings (SSSR count). The summed E-state index contributed by atoms with van der Waals surface area (Å²) >= 11 is 9.12. The molecule has 0 atom stereocenters. The summed E-state index contributed by atoms with van der Waals surface area (Å²) in [6.07, 6.45) is 0. The molecule has 0 saturated carbocycles. The molecule has 1 aromatic carbocycles. The summed E-state index contributed by atoms with van der Waals surface area (Å²) in [6.45, 7) is 1.69. The maximum atomic E-state index is 12.7. The minimum absolute atomic E-state index is 0.00711. The van der Waals surface area contributed by atoms with Gasteiger partial charge in [-0.05, 0) is 30.2 Å². The lowest BCUT2D eigenvalue weighted by Gasteiger charge is -2.27. The minimum atomic E-state index is -3.72. The molecule has 0 aromatic heterocycles. The van der Waals surface area contributed by atoms with Gasteiger partial charge in [-0.3, -0.25) is 0 Å². The van der Waals surface area contributed by atoms with Crippen LogP contribution in [0.2, 0.25) is 0 Å². The first kappa shape index (κ1) is 17.2. The number of benzene rings is 1. The van der Waals surface area contributed by atoms with Crippen LogP contribution in [0.3, 0.4) is 0 Å². The lowest BCUT2D eigenvalue weighted by molar-refractivity contribution is 0.430. The van der Waals surface area contributed by atoms with E-state index in [4.69, 9.17) is 11.6 Å². The minimum Gasteiger partial charge on any atom is -0.229 e. The molecule has 0 spiro atoms. The highest BCUT2D eigenvalue weighted by molar-refractivity contribution is 9.10. The zero-order valence-corrected chi connectivity index (χ0v) is 15.3. The normalized spacial score (nSPS) is 19.6. The number of sulfonamides is 1. The van der Waals surface area contributed by atoms with Crippen molar-refractivity contribution in [2.24, 2.45) is 0 Å². The van der Waals surface area contributed by atoms with Crippen LogP contribution in [0.25, 0.3) is 0 Å². The number of rotatable bonds is 3. The lowest BCUT2D eigenvalue weighted by atomic mass is 10.2. The fourth-order valence-corrected chi connectivity index (χ4v) is 6.09. The molecular formula is C12H15BrClNO4S2. The van der Waals surface area contributed by atoms with Gasteiger partial charge in [-0.15, -0.1) is 11.6 Å². The Kier molecular flexibility index (Phi) is 5.04. The molecule has 0 unspecified atom stereocenters. The summed E-state index contributed by atoms with van der Waals surface area (Å²) in [7, 11) is -6.84. The number of hydrogen-bond donors (Lipinski definition) is 0. The molecule has 1 saturated heterocycles. The Morgan fingerprint density at radius 1 is 1.29 bits per heavy atom. The second-order valence-corrected chi connectivity index (χ2v) is 10.2. The van der Waals surface area contributed by atoms with E-state index in [2.05, 4.69) is 15.9 Å². The van der Waals surface area contributed by atoms with Crippen molar-refractivity contribution in [1.29, 1.82) is 0 Å². The highest BCUT2D eigenvalue weighted by Crippen LogP contribution is 2.29. The zero-order valence-electron chi connectivity index (χ0n) is 11.3. The van der Waals surface area contributed by atoms with E-state index in [1.54, 1.807) is 19.1 Å². The van der Waals surface area contributed by atoms with Gasteiger partial charge >= 0.3 is 0 Å². The summed E-state index contributed by atoms with van der Waals surface area (Å²) in [5.41, 5.74) is 1.29. The van der Waals surface area contributed by atoms with Gasteiger partial charge in [0.2, 0.25) is 10.0 Å². The maximum absolute atomic E-state index is 12.7. The van der Waals surface area contributed by atoms with E-state index < -0.39 is 19.9 Å². The van der Waals surface area contributed by atoms with Crippen molar-refractivity contribution < 1.29 is 16.8 Å². The first-order valence-corrected chi connectivity index (χ1v) is 10.8. The SMILES string of the molecule is Cc1c(Br)cc(CCl)cc1S(=O)(=O)N1CCS(=O)(=O)CC1. The molecule has 21 heavy (non-hydrogen) atoms. The van der Waals surface area contributed by atoms with Crippen LogP contribution in [0.15, 0.2) is 21.5 Å². The van der Waals surface area contributed by atoms with Crippen LogP contribution in [0.4, 0.5) is 0 Å². The van der Waals surface area contributed by atoms with E-state index >= 15 is 0 Å². The average molecular weight is 417 g/mol. The van der Waals surface area contributed by atoms with Gasteiger partial charge in [0.05, 0.1) is 16.4 Å². The Morgan fingerprint density at radius 3 is 2.38 bits per heavy atom. The number of nitrogens with zero attached hydrogens (tertiary/aromatic N) is 1. The van der Waals surface area contributed by atoms with Gasteiger partial charge in [-0.2, -0.15) is 4.31 Å². The van der Waals surface area contributed by atoms with Crippen LogP contribution < -0.4 is 0 Å². The standard InChI is InChI=1S/C12H15BrClNO4S2/c1-9-11(13)6-10(8-14)7-12(9)21(18,19)15-2-4-20(16,17)5-3-15/h6-7H,2-5,8H2,1H3. The van der Waals surface area contributed by atoms with Crippen LogP contribution in [-0.2, 0) is 25.7 Å². The van der Waals surface area contributed by atoms with Crippen molar-refractivity contribution >= 4 is 47.4 Å². The van der Waals surface area contributed by atoms with E-state index in [1.165, 1.54) is 4.31 Å². The Bertz CT molecular complexity index is 748. The number of sulfone groups is 1. The van der Waals surface area contributed by atoms with Gasteiger partial charge in [0.25, 0.3) is 0 Å². The van der Waals surface area contributed by atoms with Crippen LogP contribution in [-0.4, -0.2) is 45.7 Å². The van der Waals surface area contributed by atoms with Gasteiger partial charge in [0, 0.05) is 23.4 Å². The monoisotopic (exact) mass is 415 g/mol. The fourth-order valence-electron chi connectivity index (χ4n) is 2.13. The van der Waals surface area contributed by atoms with Crippen molar-refractivity contribution in [3.8, 4) is 0 Å². The van der Waals surface area contributed by atoms with Crippen molar-refractivity contribution in [2.75, 3.05) is 24.6 Å². The van der Waals surface area contributed by atoms with E-state index in [-0.39, 0.29) is 35.4 Å². The molecule has 118 valence electrons. The number of halogens is 2. The van der Waals surface area contributed by atoms with Gasteiger partial charge in [-0.1, -0.05) is 15.9 Å². The molecule has 9 heteroatoms. The topological polar surface area (TPSA) is 71.5 Å². The van der Waals surface area contributed by atoms with Gasteiger partial charge in [-0.25, -0.2) is 16.8 Å². The molecule has 1 aromatic rings. The third kappa shape index (κ3) is 3.61. The third-order valence-electron chi connectivity index (χ3n) is 3.43. The van der Waals surface area contributed by atoms with E-state index in [0.29, 0.717) is 15.6 Å². The molecule has 0 bridgehead atoms. The first-order valence-electron chi connectivity index (χ1n) is 6.23. The highest BCUT2D eigenvalue weighted by atomic mass is 79.9. The predicted molar refractivity (Wildman–Crippen MR) is 85.8 cm³/mol. The highest BCUT2D eigenvalue weighted by Gasteiger charge is 2.32. The smallest absolute Gasteiger partial charge is 0.229 e. The van der Waals surface area contributed by atoms with E-state index in [0.717, 1.165) is 0 Å². The van der Waals surface area contributed by atoms with Crippen LogP contribution in [0, 0.1) is 6.92 Å². The first-order chi connectivity index (χ1) is 9.67. The molecule has 0 aliphatic carbocycles. The van der Waals surface area contributed by atoms with Crippen LogP contribution in [0.1, 0.15) is 11.1 Å². The number of alkyl halides is 1. The molecule has 5 nitrogen and oxygen atoms in total. The van der Waals surface area contributed by atoms with Gasteiger partial charge < -0.3 is 0 Å². The van der Waals surface area contributed by atoms with Gasteiger partial charge in [0.15, 0.2) is 9.84 Å². The predicted octanol–water partition coefficient (Wildman–Crippen LogP) is 1.92.